The number of nitrogens with one attached hydrogen (secondary N) is 1. The van der Waals surface area contributed by atoms with Gasteiger partial charge in [0.15, 0.2) is 0 Å². The molecule has 1 aliphatic rings. The molecule has 0 atom stereocenters. The van der Waals surface area contributed by atoms with Crippen LogP contribution in [0, 0.1) is 0 Å². The Bertz CT molecular complexity index is 567. The zero-order valence-electron chi connectivity index (χ0n) is 9.77. The van der Waals surface area contributed by atoms with Crippen molar-refractivity contribution in [1.82, 2.24) is 4.98 Å². The molecule has 2 aromatic rings. The van der Waals surface area contributed by atoms with Crippen LogP contribution in [0.3, 0.4) is 0 Å². The summed E-state index contributed by atoms with van der Waals surface area (Å²) in [5, 5.41) is 2.78. The molecule has 92 valence electrons. The highest BCUT2D eigenvalue weighted by molar-refractivity contribution is 7.14. The van der Waals surface area contributed by atoms with E-state index < -0.39 is 0 Å². The zero-order valence-corrected chi connectivity index (χ0v) is 10.6. The van der Waals surface area contributed by atoms with Crippen molar-refractivity contribution in [3.05, 3.63) is 39.7 Å². The first kappa shape index (κ1) is 11.2. The molecule has 0 saturated heterocycles. The van der Waals surface area contributed by atoms with Crippen molar-refractivity contribution in [2.24, 2.45) is 0 Å². The number of nitrogens with two attached hydrogens (primary N) is 1. The fourth-order valence-electron chi connectivity index (χ4n) is 2.10. The molecule has 0 fully saturated rings. The van der Waals surface area contributed by atoms with Gasteiger partial charge in [0.1, 0.15) is 5.82 Å². The number of nitrogen functional groups attached to an aromatic ring is 1. The Hall–Kier alpha value is -1.88. The summed E-state index contributed by atoms with van der Waals surface area (Å²) in [6.07, 6.45) is 4.94. The van der Waals surface area contributed by atoms with E-state index in [-0.39, 0.29) is 5.91 Å². The van der Waals surface area contributed by atoms with Gasteiger partial charge in [-0.25, -0.2) is 4.98 Å². The number of fused-ring (bicyclic) bond motifs is 1. The number of hydrogen-bond acceptors (Lipinski definition) is 4. The van der Waals surface area contributed by atoms with E-state index in [1.807, 2.05) is 6.07 Å². The van der Waals surface area contributed by atoms with E-state index in [2.05, 4.69) is 10.3 Å². The van der Waals surface area contributed by atoms with Crippen molar-refractivity contribution in [1.29, 1.82) is 0 Å². The maximum Gasteiger partial charge on any atom is 0.266 e. The summed E-state index contributed by atoms with van der Waals surface area (Å²) in [5.74, 6) is 0.439. The molecule has 0 bridgehead atoms. The summed E-state index contributed by atoms with van der Waals surface area (Å²) in [6.45, 7) is 0. The van der Waals surface area contributed by atoms with Crippen molar-refractivity contribution >= 4 is 28.7 Å². The number of carbonyl (C=O) groups is 1. The highest BCUT2D eigenvalue weighted by Gasteiger charge is 2.18. The molecular formula is C13H13N3OS. The number of nitrogens with zero attached hydrogens (tertiary/aromatic N) is 1. The molecule has 18 heavy (non-hydrogen) atoms. The SMILES string of the molecule is Nc1ccc(NC(=O)c2cc3c(s2)CCC3)nc1. The molecule has 4 nitrogen and oxygen atoms in total. The van der Waals surface area contributed by atoms with Crippen molar-refractivity contribution in [2.75, 3.05) is 11.1 Å². The van der Waals surface area contributed by atoms with Crippen LogP contribution in [0.15, 0.2) is 24.4 Å². The second kappa shape index (κ2) is 4.42. The predicted molar refractivity (Wildman–Crippen MR) is 72.9 cm³/mol. The van der Waals surface area contributed by atoms with Gasteiger partial charge in [-0.05, 0) is 43.0 Å². The average molecular weight is 259 g/mol. The van der Waals surface area contributed by atoms with E-state index in [1.54, 1.807) is 23.5 Å². The Labute approximate surface area is 109 Å². The van der Waals surface area contributed by atoms with Crippen LogP contribution in [0.5, 0.6) is 0 Å². The molecule has 3 N–H and O–H groups in total. The number of thiophene rings is 1. The molecule has 2 heterocycles. The minimum atomic E-state index is -0.0910. The Morgan fingerprint density at radius 2 is 2.28 bits per heavy atom. The van der Waals surface area contributed by atoms with Gasteiger partial charge in [-0.1, -0.05) is 0 Å². The van der Waals surface area contributed by atoms with Crippen LogP contribution < -0.4 is 11.1 Å². The van der Waals surface area contributed by atoms with Crippen molar-refractivity contribution in [3.8, 4) is 0 Å². The molecule has 0 radical (unpaired) electrons. The maximum absolute atomic E-state index is 12.0. The van der Waals surface area contributed by atoms with Crippen LogP contribution in [0.1, 0.15) is 26.5 Å². The van der Waals surface area contributed by atoms with Gasteiger partial charge >= 0.3 is 0 Å². The molecule has 3 rings (SSSR count). The first-order valence-corrected chi connectivity index (χ1v) is 6.68. The van der Waals surface area contributed by atoms with Crippen molar-refractivity contribution in [2.45, 2.75) is 19.3 Å². The number of aryl methyl sites for hydroxylation is 2. The molecule has 0 aromatic carbocycles. The van der Waals surface area contributed by atoms with Gasteiger partial charge in [0, 0.05) is 4.88 Å². The summed E-state index contributed by atoms with van der Waals surface area (Å²) in [5.41, 5.74) is 7.46. The van der Waals surface area contributed by atoms with E-state index in [0.29, 0.717) is 11.5 Å². The van der Waals surface area contributed by atoms with E-state index >= 15 is 0 Å². The van der Waals surface area contributed by atoms with Crippen LogP contribution >= 0.6 is 11.3 Å². The van der Waals surface area contributed by atoms with Gasteiger partial charge in [-0.15, -0.1) is 11.3 Å². The Kier molecular flexibility index (Phi) is 2.76. The molecule has 2 aromatic heterocycles. The van der Waals surface area contributed by atoms with Crippen LogP contribution in [0.2, 0.25) is 0 Å². The van der Waals surface area contributed by atoms with Gasteiger partial charge in [0.25, 0.3) is 5.91 Å². The number of pyridine rings is 1. The monoisotopic (exact) mass is 259 g/mol. The molecule has 1 amide bonds. The summed E-state index contributed by atoms with van der Waals surface area (Å²) >= 11 is 1.59. The lowest BCUT2D eigenvalue weighted by Crippen LogP contribution is -2.11. The van der Waals surface area contributed by atoms with Crippen LogP contribution in [-0.2, 0) is 12.8 Å². The van der Waals surface area contributed by atoms with Crippen LogP contribution in [0.25, 0.3) is 0 Å². The molecule has 1 aliphatic carbocycles. The number of carbonyl (C=O) groups excluding carboxylic acids is 1. The first-order valence-electron chi connectivity index (χ1n) is 5.87. The Morgan fingerprint density at radius 1 is 1.39 bits per heavy atom. The predicted octanol–water partition coefficient (Wildman–Crippen LogP) is 2.47. The Morgan fingerprint density at radius 3 is 3.00 bits per heavy atom. The zero-order chi connectivity index (χ0) is 12.5. The lowest BCUT2D eigenvalue weighted by Gasteiger charge is -2.02. The maximum atomic E-state index is 12.0. The second-order valence-electron chi connectivity index (χ2n) is 4.34. The van der Waals surface area contributed by atoms with E-state index in [1.165, 1.54) is 23.1 Å². The quantitative estimate of drug-likeness (QED) is 0.870. The van der Waals surface area contributed by atoms with E-state index in [4.69, 9.17) is 5.73 Å². The highest BCUT2D eigenvalue weighted by Crippen LogP contribution is 2.30. The smallest absolute Gasteiger partial charge is 0.266 e. The molecule has 0 spiro atoms. The highest BCUT2D eigenvalue weighted by atomic mass is 32.1. The summed E-state index contributed by atoms with van der Waals surface area (Å²) in [7, 11) is 0. The second-order valence-corrected chi connectivity index (χ2v) is 5.48. The third-order valence-corrected chi connectivity index (χ3v) is 4.23. The number of aromatic nitrogens is 1. The normalized spacial score (nSPS) is 13.3. The summed E-state index contributed by atoms with van der Waals surface area (Å²) in [4.78, 5) is 18.2. The van der Waals surface area contributed by atoms with Gasteiger partial charge in [-0.3, -0.25) is 4.79 Å². The van der Waals surface area contributed by atoms with E-state index in [0.717, 1.165) is 17.7 Å². The molecule has 0 aliphatic heterocycles. The van der Waals surface area contributed by atoms with Gasteiger partial charge in [0.2, 0.25) is 0 Å². The number of rotatable bonds is 2. The third kappa shape index (κ3) is 2.09. The summed E-state index contributed by atoms with van der Waals surface area (Å²) < 4.78 is 0. The third-order valence-electron chi connectivity index (χ3n) is 3.00. The van der Waals surface area contributed by atoms with Gasteiger partial charge in [0.05, 0.1) is 16.8 Å². The topological polar surface area (TPSA) is 68.0 Å². The van der Waals surface area contributed by atoms with Crippen LogP contribution in [-0.4, -0.2) is 10.9 Å². The van der Waals surface area contributed by atoms with Crippen molar-refractivity contribution in [3.63, 3.8) is 0 Å². The number of hydrogen-bond donors (Lipinski definition) is 2. The lowest BCUT2D eigenvalue weighted by molar-refractivity contribution is 0.103. The number of anilines is 2. The molecule has 5 heteroatoms. The average Bonchev–Trinajstić information content (AvgIpc) is 2.92. The lowest BCUT2D eigenvalue weighted by atomic mass is 10.2. The van der Waals surface area contributed by atoms with Crippen molar-refractivity contribution < 1.29 is 4.79 Å². The molecular weight excluding hydrogens is 246 g/mol. The van der Waals surface area contributed by atoms with Crippen LogP contribution in [0.4, 0.5) is 11.5 Å². The summed E-state index contributed by atoms with van der Waals surface area (Å²) in [6, 6.07) is 5.42. The minimum absolute atomic E-state index is 0.0910. The van der Waals surface area contributed by atoms with E-state index in [9.17, 15) is 4.79 Å². The standard InChI is InChI=1S/C13H13N3OS/c14-9-4-5-12(15-7-9)16-13(17)11-6-8-2-1-3-10(8)18-11/h4-7H,1-3,14H2,(H,15,16,17). The first-order chi connectivity index (χ1) is 8.72. The molecule has 0 saturated carbocycles. The fourth-order valence-corrected chi connectivity index (χ4v) is 3.25. The minimum Gasteiger partial charge on any atom is -0.397 e. The largest absolute Gasteiger partial charge is 0.397 e. The van der Waals surface area contributed by atoms with Gasteiger partial charge in [-0.2, -0.15) is 0 Å². The molecule has 0 unspecified atom stereocenters. The number of amides is 1. The Balaban J connectivity index is 1.76. The fraction of sp³-hybridized carbons (Fsp3) is 0.231. The van der Waals surface area contributed by atoms with Gasteiger partial charge < -0.3 is 11.1 Å².